The summed E-state index contributed by atoms with van der Waals surface area (Å²) in [4.78, 5) is 2.55. The molecule has 0 unspecified atom stereocenters. The van der Waals surface area contributed by atoms with E-state index in [1.54, 1.807) is 0 Å². The molecule has 9 heteroatoms. The first-order chi connectivity index (χ1) is 12.1. The predicted molar refractivity (Wildman–Crippen MR) is 83.4 cm³/mol. The monoisotopic (exact) mass is 350 g/mol. The van der Waals surface area contributed by atoms with E-state index in [2.05, 4.69) is 10.1 Å². The quantitative estimate of drug-likeness (QED) is 0.543. The van der Waals surface area contributed by atoms with Crippen molar-refractivity contribution in [2.45, 2.75) is 49.8 Å². The molecule has 0 aromatic carbocycles. The van der Waals surface area contributed by atoms with Gasteiger partial charge in [0.2, 0.25) is 22.7 Å². The van der Waals surface area contributed by atoms with Crippen molar-refractivity contribution in [3.63, 3.8) is 0 Å². The van der Waals surface area contributed by atoms with E-state index in [0.717, 1.165) is 24.0 Å². The van der Waals surface area contributed by atoms with Gasteiger partial charge < -0.3 is 20.3 Å². The number of fused-ring (bicyclic) bond motifs is 5. The van der Waals surface area contributed by atoms with Crippen LogP contribution in [0.3, 0.4) is 0 Å². The van der Waals surface area contributed by atoms with Crippen LogP contribution in [0, 0.1) is 16.3 Å². The molecule has 3 heterocycles. The lowest BCUT2D eigenvalue weighted by molar-refractivity contribution is -0.808. The first kappa shape index (κ1) is 15.5. The molecule has 2 fully saturated rings. The lowest BCUT2D eigenvalue weighted by Crippen LogP contribution is -2.63. The fraction of sp³-hybridized carbons (Fsp3) is 0.812. The average molecular weight is 350 g/mol. The number of hydrogen-bond acceptors (Lipinski definition) is 7. The molecule has 1 aromatic rings. The number of rotatable bonds is 1. The smallest absolute Gasteiger partial charge is 0.263 e. The fourth-order valence-electron chi connectivity index (χ4n) is 5.57. The van der Waals surface area contributed by atoms with E-state index < -0.39 is 11.3 Å². The Kier molecular flexibility index (Phi) is 3.20. The lowest BCUT2D eigenvalue weighted by Gasteiger charge is -2.47. The number of aromatic nitrogens is 2. The second-order valence-electron chi connectivity index (χ2n) is 7.51. The van der Waals surface area contributed by atoms with Crippen LogP contribution in [0.5, 0.6) is 0 Å². The SMILES string of the molecule is [O-][N+]1=C2CCc3c(no[n+]3[O-])[C@@]2(O)[C@H]2CCCC[C@@]21N1CCOCC1. The van der Waals surface area contributed by atoms with Crippen molar-refractivity contribution in [1.29, 1.82) is 0 Å². The van der Waals surface area contributed by atoms with Crippen LogP contribution in [0.25, 0.3) is 0 Å². The standard InChI is InChI=1S/C16H22N4O5/c21-16-12-3-1-2-6-15(12,18-7-9-24-10-8-18)19(22)13(16)5-4-11-14(16)17-25-20(11)23/h12,21H,1-10H2/t12-,15-,16+/m0/s1. The van der Waals surface area contributed by atoms with E-state index in [9.17, 15) is 15.5 Å². The Balaban J connectivity index is 1.70. The van der Waals surface area contributed by atoms with E-state index in [0.29, 0.717) is 61.9 Å². The van der Waals surface area contributed by atoms with Crippen LogP contribution in [0.4, 0.5) is 0 Å². The molecule has 1 saturated heterocycles. The van der Waals surface area contributed by atoms with Crippen molar-refractivity contribution in [1.82, 2.24) is 10.1 Å². The van der Waals surface area contributed by atoms with Crippen LogP contribution in [0.15, 0.2) is 4.63 Å². The summed E-state index contributed by atoms with van der Waals surface area (Å²) in [6.07, 6.45) is 4.05. The molecule has 4 aliphatic rings. The largest absolute Gasteiger partial charge is 0.622 e. The van der Waals surface area contributed by atoms with Gasteiger partial charge in [0, 0.05) is 37.5 Å². The van der Waals surface area contributed by atoms with Gasteiger partial charge in [-0.3, -0.25) is 4.63 Å². The van der Waals surface area contributed by atoms with Gasteiger partial charge in [-0.15, -0.1) is 0 Å². The zero-order chi connectivity index (χ0) is 17.2. The summed E-state index contributed by atoms with van der Waals surface area (Å²) < 4.78 is 11.3. The van der Waals surface area contributed by atoms with Gasteiger partial charge >= 0.3 is 0 Å². The molecule has 0 amide bonds. The number of morpholine rings is 1. The van der Waals surface area contributed by atoms with Gasteiger partial charge in [0.1, 0.15) is 0 Å². The Bertz CT molecular complexity index is 743. The summed E-state index contributed by atoms with van der Waals surface area (Å²) in [5.74, 6) is -0.316. The van der Waals surface area contributed by atoms with Crippen LogP contribution < -0.4 is 4.90 Å². The molecule has 1 N–H and O–H groups in total. The van der Waals surface area contributed by atoms with Gasteiger partial charge in [0.15, 0.2) is 0 Å². The molecule has 9 nitrogen and oxygen atoms in total. The lowest BCUT2D eigenvalue weighted by atomic mass is 9.66. The zero-order valence-electron chi connectivity index (χ0n) is 14.0. The van der Waals surface area contributed by atoms with Gasteiger partial charge in [-0.2, -0.15) is 4.74 Å². The maximum atomic E-state index is 13.5. The molecule has 2 aliphatic carbocycles. The number of ether oxygens (including phenoxy) is 1. The van der Waals surface area contributed by atoms with Crippen molar-refractivity contribution in [2.75, 3.05) is 26.3 Å². The van der Waals surface area contributed by atoms with Gasteiger partial charge in [0.05, 0.1) is 19.1 Å². The maximum Gasteiger partial charge on any atom is 0.263 e. The Hall–Kier alpha value is -1.71. The first-order valence-corrected chi connectivity index (χ1v) is 9.08. The third kappa shape index (κ3) is 1.76. The summed E-state index contributed by atoms with van der Waals surface area (Å²) in [7, 11) is 0. The highest BCUT2D eigenvalue weighted by atomic mass is 16.8. The second kappa shape index (κ2) is 5.15. The van der Waals surface area contributed by atoms with Crippen LogP contribution in [-0.2, 0) is 16.8 Å². The molecule has 1 aromatic heterocycles. The van der Waals surface area contributed by atoms with Crippen molar-refractivity contribution in [2.24, 2.45) is 5.92 Å². The number of nitrogens with zero attached hydrogens (tertiary/aromatic N) is 4. The molecule has 0 spiro atoms. The van der Waals surface area contributed by atoms with Crippen molar-refractivity contribution < 1.29 is 24.1 Å². The topological polar surface area (TPSA) is 112 Å². The Morgan fingerprint density at radius 1 is 1.20 bits per heavy atom. The highest BCUT2D eigenvalue weighted by molar-refractivity contribution is 5.92. The number of aliphatic hydroxyl groups is 1. The summed E-state index contributed by atoms with van der Waals surface area (Å²) in [5.41, 5.74) is -1.25. The molecule has 1 saturated carbocycles. The average Bonchev–Trinajstić information content (AvgIpc) is 3.12. The minimum Gasteiger partial charge on any atom is -0.622 e. The highest BCUT2D eigenvalue weighted by Crippen LogP contribution is 2.55. The van der Waals surface area contributed by atoms with E-state index in [4.69, 9.17) is 9.37 Å². The Labute approximate surface area is 144 Å². The van der Waals surface area contributed by atoms with E-state index >= 15 is 0 Å². The summed E-state index contributed by atoms with van der Waals surface area (Å²) in [5, 5.41) is 41.0. The van der Waals surface area contributed by atoms with Crippen LogP contribution >= 0.6 is 0 Å². The molecule has 25 heavy (non-hydrogen) atoms. The zero-order valence-corrected chi connectivity index (χ0v) is 14.0. The minimum atomic E-state index is -1.51. The molecular weight excluding hydrogens is 328 g/mol. The van der Waals surface area contributed by atoms with Crippen molar-refractivity contribution in [3.8, 4) is 0 Å². The summed E-state index contributed by atoms with van der Waals surface area (Å²) in [6.45, 7) is 2.52. The fourth-order valence-corrected chi connectivity index (χ4v) is 5.57. The molecule has 0 radical (unpaired) electrons. The minimum absolute atomic E-state index is 0.242. The normalized spacial score (nSPS) is 38.4. The number of hydroxylamine groups is 1. The van der Waals surface area contributed by atoms with Crippen molar-refractivity contribution >= 4 is 5.71 Å². The predicted octanol–water partition coefficient (Wildman–Crippen LogP) is -0.375. The Morgan fingerprint density at radius 3 is 2.80 bits per heavy atom. The molecular formula is C16H22N4O5. The molecule has 2 aliphatic heterocycles. The van der Waals surface area contributed by atoms with E-state index in [1.165, 1.54) is 0 Å². The molecule has 136 valence electrons. The van der Waals surface area contributed by atoms with Crippen LogP contribution in [0.1, 0.15) is 43.5 Å². The van der Waals surface area contributed by atoms with Gasteiger partial charge in [-0.1, -0.05) is 6.42 Å². The van der Waals surface area contributed by atoms with Crippen LogP contribution in [-0.4, -0.2) is 57.6 Å². The van der Waals surface area contributed by atoms with Gasteiger partial charge in [0.25, 0.3) is 5.69 Å². The van der Waals surface area contributed by atoms with Crippen molar-refractivity contribution in [3.05, 3.63) is 21.8 Å². The van der Waals surface area contributed by atoms with Gasteiger partial charge in [-0.25, -0.2) is 4.90 Å². The van der Waals surface area contributed by atoms with E-state index in [-0.39, 0.29) is 11.6 Å². The maximum absolute atomic E-state index is 13.5. The second-order valence-corrected chi connectivity index (χ2v) is 7.51. The molecule has 0 bridgehead atoms. The molecule has 3 atom stereocenters. The first-order valence-electron chi connectivity index (χ1n) is 9.08. The highest BCUT2D eigenvalue weighted by Gasteiger charge is 2.73. The Morgan fingerprint density at radius 2 is 2.00 bits per heavy atom. The summed E-state index contributed by atoms with van der Waals surface area (Å²) in [6, 6.07) is 0. The summed E-state index contributed by atoms with van der Waals surface area (Å²) >= 11 is 0. The van der Waals surface area contributed by atoms with E-state index in [1.807, 2.05) is 0 Å². The third-order valence-corrected chi connectivity index (χ3v) is 6.61. The number of hydrogen-bond donors (Lipinski definition) is 1. The van der Waals surface area contributed by atoms with Gasteiger partial charge in [-0.05, 0) is 17.7 Å². The third-order valence-electron chi connectivity index (χ3n) is 6.61. The molecule has 5 rings (SSSR count). The van der Waals surface area contributed by atoms with Crippen LogP contribution in [0.2, 0.25) is 0 Å².